The number of hydrogen-bond acceptors (Lipinski definition) is 4. The van der Waals surface area contributed by atoms with E-state index in [4.69, 9.17) is 11.6 Å². The summed E-state index contributed by atoms with van der Waals surface area (Å²) in [7, 11) is 0. The van der Waals surface area contributed by atoms with Crippen molar-refractivity contribution in [3.63, 3.8) is 0 Å². The van der Waals surface area contributed by atoms with E-state index in [2.05, 4.69) is 5.10 Å². The zero-order valence-corrected chi connectivity index (χ0v) is 14.8. The van der Waals surface area contributed by atoms with Gasteiger partial charge in [-0.3, -0.25) is 4.79 Å². The molecule has 0 N–H and O–H groups in total. The average molecular weight is 363 g/mol. The molecule has 0 fully saturated rings. The van der Waals surface area contributed by atoms with E-state index in [0.29, 0.717) is 22.0 Å². The summed E-state index contributed by atoms with van der Waals surface area (Å²) in [6.45, 7) is 1.74. The van der Waals surface area contributed by atoms with Crippen molar-refractivity contribution < 1.29 is 4.79 Å². The van der Waals surface area contributed by atoms with Gasteiger partial charge in [0.1, 0.15) is 5.92 Å². The first-order valence-electron chi connectivity index (χ1n) is 8.06. The van der Waals surface area contributed by atoms with Gasteiger partial charge in [-0.2, -0.15) is 15.6 Å². The molecule has 6 heteroatoms. The van der Waals surface area contributed by atoms with Crippen LogP contribution in [0.2, 0.25) is 5.02 Å². The van der Waals surface area contributed by atoms with Crippen molar-refractivity contribution in [1.29, 1.82) is 10.5 Å². The van der Waals surface area contributed by atoms with Gasteiger partial charge in [-0.05, 0) is 30.7 Å². The van der Waals surface area contributed by atoms with Crippen LogP contribution in [0.15, 0.2) is 59.7 Å². The minimum Gasteiger partial charge on any atom is -0.272 e. The average Bonchev–Trinajstić information content (AvgIpc) is 2.95. The molecule has 1 aliphatic heterocycles. The van der Waals surface area contributed by atoms with E-state index in [-0.39, 0.29) is 5.91 Å². The Bertz CT molecular complexity index is 928. The number of carbonyl (C=O) groups is 1. The van der Waals surface area contributed by atoms with E-state index < -0.39 is 17.8 Å². The smallest absolute Gasteiger partial charge is 0.256 e. The molecule has 5 nitrogen and oxygen atoms in total. The molecule has 128 valence electrons. The van der Waals surface area contributed by atoms with Crippen molar-refractivity contribution in [1.82, 2.24) is 0 Å². The maximum absolute atomic E-state index is 13.1. The first kappa shape index (κ1) is 17.7. The van der Waals surface area contributed by atoms with Crippen LogP contribution < -0.4 is 5.01 Å². The van der Waals surface area contributed by atoms with Gasteiger partial charge >= 0.3 is 0 Å². The van der Waals surface area contributed by atoms with Gasteiger partial charge in [0.15, 0.2) is 0 Å². The van der Waals surface area contributed by atoms with Crippen molar-refractivity contribution in [3.8, 4) is 12.1 Å². The number of anilines is 1. The number of carbonyl (C=O) groups excluding carboxylic acids is 1. The van der Waals surface area contributed by atoms with Crippen LogP contribution in [0.1, 0.15) is 18.4 Å². The largest absolute Gasteiger partial charge is 0.272 e. The zero-order valence-electron chi connectivity index (χ0n) is 14.0. The van der Waals surface area contributed by atoms with Gasteiger partial charge in [-0.15, -0.1) is 0 Å². The number of nitriles is 2. The molecule has 0 aliphatic carbocycles. The van der Waals surface area contributed by atoms with Crippen LogP contribution in [0, 0.1) is 34.5 Å². The molecule has 1 amide bonds. The van der Waals surface area contributed by atoms with Crippen molar-refractivity contribution in [3.05, 3.63) is 65.2 Å². The lowest BCUT2D eigenvalue weighted by molar-refractivity contribution is -0.120. The lowest BCUT2D eigenvalue weighted by Gasteiger charge is -2.25. The number of benzene rings is 2. The van der Waals surface area contributed by atoms with Crippen LogP contribution in [0.4, 0.5) is 5.69 Å². The molecule has 0 saturated carbocycles. The van der Waals surface area contributed by atoms with Crippen LogP contribution in [-0.4, -0.2) is 11.6 Å². The molecule has 0 saturated heterocycles. The minimum absolute atomic E-state index is 0.269. The quantitative estimate of drug-likeness (QED) is 0.820. The Labute approximate surface area is 156 Å². The van der Waals surface area contributed by atoms with E-state index in [0.717, 1.165) is 0 Å². The molecular weight excluding hydrogens is 348 g/mol. The highest BCUT2D eigenvalue weighted by atomic mass is 35.5. The van der Waals surface area contributed by atoms with Crippen LogP contribution in [0.3, 0.4) is 0 Å². The summed E-state index contributed by atoms with van der Waals surface area (Å²) in [4.78, 5) is 13.1. The minimum atomic E-state index is -1.02. The molecule has 0 radical (unpaired) electrons. The van der Waals surface area contributed by atoms with Crippen molar-refractivity contribution in [2.75, 3.05) is 5.01 Å². The number of nitrogens with zero attached hydrogens (tertiary/aromatic N) is 4. The van der Waals surface area contributed by atoms with Crippen LogP contribution in [0.5, 0.6) is 0 Å². The predicted molar refractivity (Wildman–Crippen MR) is 99.4 cm³/mol. The summed E-state index contributed by atoms with van der Waals surface area (Å²) in [5, 5.41) is 25.1. The molecule has 1 heterocycles. The lowest BCUT2D eigenvalue weighted by atomic mass is 9.75. The number of hydrogen-bond donors (Lipinski definition) is 0. The molecule has 2 unspecified atom stereocenters. The number of para-hydroxylation sites is 1. The van der Waals surface area contributed by atoms with Gasteiger partial charge < -0.3 is 0 Å². The van der Waals surface area contributed by atoms with E-state index >= 15 is 0 Å². The second-order valence-electron chi connectivity index (χ2n) is 5.99. The Morgan fingerprint density at radius 3 is 2.31 bits per heavy atom. The molecule has 2 aromatic carbocycles. The Morgan fingerprint density at radius 2 is 1.69 bits per heavy atom. The summed E-state index contributed by atoms with van der Waals surface area (Å²) >= 11 is 6.32. The maximum atomic E-state index is 13.1. The van der Waals surface area contributed by atoms with Gasteiger partial charge in [0.2, 0.25) is 0 Å². The fourth-order valence-electron chi connectivity index (χ4n) is 3.23. The van der Waals surface area contributed by atoms with Gasteiger partial charge in [-0.25, -0.2) is 5.01 Å². The van der Waals surface area contributed by atoms with Crippen molar-refractivity contribution >= 4 is 28.9 Å². The molecule has 0 spiro atoms. The Balaban J connectivity index is 2.07. The third-order valence-corrected chi connectivity index (χ3v) is 4.79. The highest BCUT2D eigenvalue weighted by Crippen LogP contribution is 2.40. The second-order valence-corrected chi connectivity index (χ2v) is 6.40. The van der Waals surface area contributed by atoms with Gasteiger partial charge in [-0.1, -0.05) is 48.0 Å². The van der Waals surface area contributed by atoms with E-state index in [9.17, 15) is 15.3 Å². The van der Waals surface area contributed by atoms with Gasteiger partial charge in [0.05, 0.1) is 23.7 Å². The number of amides is 1. The highest BCUT2D eigenvalue weighted by Gasteiger charge is 2.44. The normalized spacial score (nSPS) is 17.6. The highest BCUT2D eigenvalue weighted by molar-refractivity contribution is 6.31. The Kier molecular flexibility index (Phi) is 5.02. The lowest BCUT2D eigenvalue weighted by Crippen LogP contribution is -2.34. The molecule has 3 rings (SSSR count). The van der Waals surface area contributed by atoms with Gasteiger partial charge in [0.25, 0.3) is 5.91 Å². The first-order chi connectivity index (χ1) is 12.6. The standard InChI is InChI=1S/C20H15ClN4O/c1-13-18(20(26)25(24-13)15-7-3-2-4-8-15)19(14(11-22)12-23)16-9-5-6-10-17(16)21/h2-10,14,18-19H,1H3. The SMILES string of the molecule is CC1=NN(c2ccccc2)C(=O)C1C(c1ccccc1Cl)C(C#N)C#N. The van der Waals surface area contributed by atoms with Crippen LogP contribution in [0.25, 0.3) is 0 Å². The van der Waals surface area contributed by atoms with Crippen molar-refractivity contribution in [2.45, 2.75) is 12.8 Å². The summed E-state index contributed by atoms with van der Waals surface area (Å²) in [6, 6.07) is 20.1. The zero-order chi connectivity index (χ0) is 18.7. The predicted octanol–water partition coefficient (Wildman–Crippen LogP) is 4.13. The fourth-order valence-corrected chi connectivity index (χ4v) is 3.50. The summed E-state index contributed by atoms with van der Waals surface area (Å²) in [6.07, 6.45) is 0. The van der Waals surface area contributed by atoms with E-state index in [1.165, 1.54) is 5.01 Å². The number of halogens is 1. The summed E-state index contributed by atoms with van der Waals surface area (Å²) in [5.74, 6) is -2.71. The molecule has 2 aromatic rings. The molecule has 0 aromatic heterocycles. The second kappa shape index (κ2) is 7.39. The molecule has 2 atom stereocenters. The summed E-state index contributed by atoms with van der Waals surface area (Å²) in [5.41, 5.74) is 1.80. The van der Waals surface area contributed by atoms with Crippen LogP contribution in [-0.2, 0) is 4.79 Å². The third-order valence-electron chi connectivity index (χ3n) is 4.44. The number of hydrazone groups is 1. The topological polar surface area (TPSA) is 80.2 Å². The molecular formula is C20H15ClN4O. The molecule has 1 aliphatic rings. The van der Waals surface area contributed by atoms with Crippen molar-refractivity contribution in [2.24, 2.45) is 16.9 Å². The molecule has 26 heavy (non-hydrogen) atoms. The van der Waals surface area contributed by atoms with Gasteiger partial charge in [0, 0.05) is 16.7 Å². The van der Waals surface area contributed by atoms with E-state index in [1.54, 1.807) is 43.3 Å². The number of rotatable bonds is 4. The maximum Gasteiger partial charge on any atom is 0.256 e. The first-order valence-corrected chi connectivity index (χ1v) is 8.44. The monoisotopic (exact) mass is 362 g/mol. The summed E-state index contributed by atoms with van der Waals surface area (Å²) < 4.78 is 0. The Morgan fingerprint density at radius 1 is 1.08 bits per heavy atom. The van der Waals surface area contributed by atoms with Crippen LogP contribution >= 0.6 is 11.6 Å². The Hall–Kier alpha value is -3.15. The molecule has 0 bridgehead atoms. The fraction of sp³-hybridized carbons (Fsp3) is 0.200. The third kappa shape index (κ3) is 3.06. The van der Waals surface area contributed by atoms with E-state index in [1.807, 2.05) is 30.3 Å².